The second-order valence-electron chi connectivity index (χ2n) is 7.09. The number of carbonyl (C=O) groups is 2. The van der Waals surface area contributed by atoms with Gasteiger partial charge in [-0.1, -0.05) is 30.3 Å². The number of anilines is 1. The fourth-order valence-electron chi connectivity index (χ4n) is 3.22. The molecule has 3 N–H and O–H groups in total. The van der Waals surface area contributed by atoms with E-state index in [9.17, 15) is 23.1 Å². The number of sulfonamides is 1. The summed E-state index contributed by atoms with van der Waals surface area (Å²) in [7, 11) is -3.71. The number of aliphatic carboxylic acids is 1. The number of carboxylic acids is 1. The zero-order valence-corrected chi connectivity index (χ0v) is 17.7. The first-order valence-corrected chi connectivity index (χ1v) is 11.3. The molecule has 1 unspecified atom stereocenters. The van der Waals surface area contributed by atoms with Gasteiger partial charge in [0.05, 0.1) is 24.5 Å². The van der Waals surface area contributed by atoms with Gasteiger partial charge in [-0.15, -0.1) is 0 Å². The van der Waals surface area contributed by atoms with E-state index in [0.29, 0.717) is 32.0 Å². The molecule has 2 aromatic carbocycles. The highest BCUT2D eigenvalue weighted by molar-refractivity contribution is 7.89. The molecule has 0 aromatic heterocycles. The third-order valence-electron chi connectivity index (χ3n) is 4.91. The molecule has 3 rings (SSSR count). The third-order valence-corrected chi connectivity index (χ3v) is 6.32. The summed E-state index contributed by atoms with van der Waals surface area (Å²) >= 11 is 0. The number of hydrogen-bond acceptors (Lipinski definition) is 6. The molecule has 0 radical (unpaired) electrons. The second-order valence-corrected chi connectivity index (χ2v) is 8.86. The van der Waals surface area contributed by atoms with Crippen molar-refractivity contribution in [1.82, 2.24) is 9.62 Å². The molecule has 1 saturated heterocycles. The number of carboxylic acid groups (broad SMARTS) is 1. The summed E-state index contributed by atoms with van der Waals surface area (Å²) < 4.78 is 32.7. The number of nitrogens with one attached hydrogen (secondary N) is 2. The number of ether oxygens (including phenoxy) is 1. The van der Waals surface area contributed by atoms with Gasteiger partial charge in [0.2, 0.25) is 15.9 Å². The number of hydrogen-bond donors (Lipinski definition) is 3. The highest BCUT2D eigenvalue weighted by Crippen LogP contribution is 2.16. The van der Waals surface area contributed by atoms with Crippen LogP contribution in [0.1, 0.15) is 12.0 Å². The van der Waals surface area contributed by atoms with Crippen LogP contribution in [0.15, 0.2) is 59.5 Å². The van der Waals surface area contributed by atoms with Gasteiger partial charge in [0.1, 0.15) is 6.04 Å². The molecule has 1 heterocycles. The second kappa shape index (κ2) is 10.5. The summed E-state index contributed by atoms with van der Waals surface area (Å²) in [6, 6.07) is 13.9. The van der Waals surface area contributed by atoms with Crippen molar-refractivity contribution >= 4 is 27.6 Å². The summed E-state index contributed by atoms with van der Waals surface area (Å²) in [6.45, 7) is 1.93. The Morgan fingerprint density at radius 1 is 1.03 bits per heavy atom. The average molecular weight is 448 g/mol. The number of amides is 1. The van der Waals surface area contributed by atoms with Gasteiger partial charge in [-0.05, 0) is 29.8 Å². The normalized spacial score (nSPS) is 15.9. The first-order chi connectivity index (χ1) is 14.8. The fourth-order valence-corrected chi connectivity index (χ4v) is 4.24. The van der Waals surface area contributed by atoms with Gasteiger partial charge in [-0.25, -0.2) is 13.1 Å². The molecule has 2 aromatic rings. The minimum absolute atomic E-state index is 0.0677. The first kappa shape index (κ1) is 22.9. The summed E-state index contributed by atoms with van der Waals surface area (Å²) in [5.41, 5.74) is 1.22. The quantitative estimate of drug-likeness (QED) is 0.529. The third kappa shape index (κ3) is 6.59. The molecule has 0 aliphatic carbocycles. The van der Waals surface area contributed by atoms with Crippen molar-refractivity contribution in [3.8, 4) is 0 Å². The Labute approximate surface area is 181 Å². The van der Waals surface area contributed by atoms with Gasteiger partial charge in [0, 0.05) is 25.3 Å². The van der Waals surface area contributed by atoms with E-state index in [0.717, 1.165) is 5.56 Å². The molecular weight excluding hydrogens is 422 g/mol. The van der Waals surface area contributed by atoms with Crippen molar-refractivity contribution in [3.63, 3.8) is 0 Å². The first-order valence-electron chi connectivity index (χ1n) is 9.83. The highest BCUT2D eigenvalue weighted by atomic mass is 32.2. The van der Waals surface area contributed by atoms with Crippen molar-refractivity contribution in [3.05, 3.63) is 60.2 Å². The maximum Gasteiger partial charge on any atom is 0.321 e. The lowest BCUT2D eigenvalue weighted by Crippen LogP contribution is -2.48. The zero-order chi connectivity index (χ0) is 22.3. The van der Waals surface area contributed by atoms with E-state index in [4.69, 9.17) is 4.74 Å². The van der Waals surface area contributed by atoms with E-state index in [1.165, 1.54) is 24.3 Å². The molecule has 1 aliphatic heterocycles. The monoisotopic (exact) mass is 447 g/mol. The van der Waals surface area contributed by atoms with E-state index in [1.54, 1.807) is 4.90 Å². The molecule has 0 bridgehead atoms. The SMILES string of the molecule is O=C(CC(C(=O)O)N1CCOCC1)Nc1ccc(S(=O)(=O)NCc2ccccc2)cc1. The van der Waals surface area contributed by atoms with Crippen molar-refractivity contribution in [2.45, 2.75) is 23.9 Å². The van der Waals surface area contributed by atoms with Crippen LogP contribution >= 0.6 is 0 Å². The maximum atomic E-state index is 12.5. The molecule has 10 heteroatoms. The largest absolute Gasteiger partial charge is 0.480 e. The standard InChI is InChI=1S/C21H25N3O6S/c25-20(14-19(21(26)27)24-10-12-30-13-11-24)23-17-6-8-18(9-7-17)31(28,29)22-15-16-4-2-1-3-5-16/h1-9,19,22H,10-15H2,(H,23,25)(H,26,27). The molecule has 1 aliphatic rings. The van der Waals surface area contributed by atoms with Crippen LogP contribution in [0, 0.1) is 0 Å². The van der Waals surface area contributed by atoms with E-state index in [-0.39, 0.29) is 17.9 Å². The average Bonchev–Trinajstić information content (AvgIpc) is 2.78. The number of rotatable bonds is 9. The predicted molar refractivity (Wildman–Crippen MR) is 114 cm³/mol. The van der Waals surface area contributed by atoms with Crippen LogP contribution in [0.4, 0.5) is 5.69 Å². The lowest BCUT2D eigenvalue weighted by molar-refractivity contribution is -0.147. The van der Waals surface area contributed by atoms with E-state index in [2.05, 4.69) is 10.0 Å². The van der Waals surface area contributed by atoms with Gasteiger partial charge >= 0.3 is 5.97 Å². The summed E-state index contributed by atoms with van der Waals surface area (Å²) in [5, 5.41) is 12.1. The molecule has 0 saturated carbocycles. The van der Waals surface area contributed by atoms with Gasteiger partial charge in [0.25, 0.3) is 0 Å². The van der Waals surface area contributed by atoms with Gasteiger partial charge in [0.15, 0.2) is 0 Å². The topological polar surface area (TPSA) is 125 Å². The molecule has 166 valence electrons. The number of benzene rings is 2. The van der Waals surface area contributed by atoms with Crippen LogP contribution in [0.3, 0.4) is 0 Å². The molecule has 9 nitrogen and oxygen atoms in total. The van der Waals surface area contributed by atoms with Gasteiger partial charge in [-0.2, -0.15) is 0 Å². The lowest BCUT2D eigenvalue weighted by atomic mass is 10.1. The number of carbonyl (C=O) groups excluding carboxylic acids is 1. The van der Waals surface area contributed by atoms with Gasteiger partial charge < -0.3 is 15.2 Å². The molecule has 0 spiro atoms. The van der Waals surface area contributed by atoms with Crippen molar-refractivity contribution < 1.29 is 27.9 Å². The minimum Gasteiger partial charge on any atom is -0.480 e. The predicted octanol–water partition coefficient (Wildman–Crippen LogP) is 1.28. The minimum atomic E-state index is -3.71. The van der Waals surface area contributed by atoms with Crippen LogP contribution in [0.25, 0.3) is 0 Å². The van der Waals surface area contributed by atoms with Crippen molar-refractivity contribution in [1.29, 1.82) is 0 Å². The summed E-state index contributed by atoms with van der Waals surface area (Å²) in [5.74, 6) is -1.53. The van der Waals surface area contributed by atoms with E-state index in [1.807, 2.05) is 30.3 Å². The highest BCUT2D eigenvalue weighted by Gasteiger charge is 2.29. The zero-order valence-electron chi connectivity index (χ0n) is 16.9. The molecule has 1 amide bonds. The Hall–Kier alpha value is -2.79. The molecule has 1 fully saturated rings. The van der Waals surface area contributed by atoms with Crippen LogP contribution in [0.2, 0.25) is 0 Å². The number of nitrogens with zero attached hydrogens (tertiary/aromatic N) is 1. The Bertz CT molecular complexity index is 990. The van der Waals surface area contributed by atoms with Crippen LogP contribution < -0.4 is 10.0 Å². The Morgan fingerprint density at radius 2 is 1.68 bits per heavy atom. The molecular formula is C21H25N3O6S. The van der Waals surface area contributed by atoms with Crippen molar-refractivity contribution in [2.75, 3.05) is 31.6 Å². The smallest absolute Gasteiger partial charge is 0.321 e. The van der Waals surface area contributed by atoms with E-state index < -0.39 is 27.9 Å². The Balaban J connectivity index is 1.57. The fraction of sp³-hybridized carbons (Fsp3) is 0.333. The van der Waals surface area contributed by atoms with Crippen molar-refractivity contribution in [2.24, 2.45) is 0 Å². The van der Waals surface area contributed by atoms with E-state index >= 15 is 0 Å². The number of morpholine rings is 1. The summed E-state index contributed by atoms with van der Waals surface area (Å²) in [4.78, 5) is 25.7. The molecule has 31 heavy (non-hydrogen) atoms. The lowest BCUT2D eigenvalue weighted by Gasteiger charge is -2.31. The van der Waals surface area contributed by atoms with Crippen LogP contribution in [-0.4, -0.2) is 62.6 Å². The summed E-state index contributed by atoms with van der Waals surface area (Å²) in [6.07, 6.45) is -0.214. The Kier molecular flexibility index (Phi) is 7.75. The van der Waals surface area contributed by atoms with Crippen LogP contribution in [0.5, 0.6) is 0 Å². The maximum absolute atomic E-state index is 12.5. The molecule has 1 atom stereocenters. The van der Waals surface area contributed by atoms with Gasteiger partial charge in [-0.3, -0.25) is 14.5 Å². The van der Waals surface area contributed by atoms with Crippen LogP contribution in [-0.2, 0) is 30.9 Å². The Morgan fingerprint density at radius 3 is 2.29 bits per heavy atom.